The Labute approximate surface area is 143 Å². The van der Waals surface area contributed by atoms with Crippen LogP contribution in [0.2, 0.25) is 0 Å². The Hall–Kier alpha value is -1.63. The van der Waals surface area contributed by atoms with Crippen molar-refractivity contribution in [3.05, 3.63) is 0 Å². The fourth-order valence-corrected chi connectivity index (χ4v) is 2.90. The molecule has 1 aliphatic carbocycles. The average Bonchev–Trinajstić information content (AvgIpc) is 2.58. The minimum atomic E-state index is -1.03. The average molecular weight is 341 g/mol. The van der Waals surface area contributed by atoms with Crippen LogP contribution in [0.25, 0.3) is 0 Å². The molecule has 1 aliphatic rings. The predicted octanol–water partition coefficient (Wildman–Crippen LogP) is 0.872. The highest BCUT2D eigenvalue weighted by Crippen LogP contribution is 2.28. The molecule has 0 unspecified atom stereocenters. The third-order valence-corrected chi connectivity index (χ3v) is 5.07. The Morgan fingerprint density at radius 1 is 1.17 bits per heavy atom. The first-order chi connectivity index (χ1) is 11.3. The maximum Gasteiger partial charge on any atom is 0.325 e. The van der Waals surface area contributed by atoms with E-state index in [4.69, 9.17) is 10.8 Å². The molecule has 0 spiro atoms. The van der Waals surface area contributed by atoms with Gasteiger partial charge in [-0.05, 0) is 44.4 Å². The van der Waals surface area contributed by atoms with Gasteiger partial charge in [0.1, 0.15) is 6.04 Å². The molecule has 1 fully saturated rings. The molecule has 0 radical (unpaired) electrons. The van der Waals surface area contributed by atoms with Crippen LogP contribution in [0, 0.1) is 17.8 Å². The fraction of sp³-hybridized carbons (Fsp3) is 0.824. The van der Waals surface area contributed by atoms with E-state index < -0.39 is 18.1 Å². The van der Waals surface area contributed by atoms with E-state index in [9.17, 15) is 14.4 Å². The maximum absolute atomic E-state index is 12.0. The van der Waals surface area contributed by atoms with Gasteiger partial charge in [0.2, 0.25) is 11.8 Å². The second kappa shape index (κ2) is 9.61. The zero-order valence-corrected chi connectivity index (χ0v) is 14.9. The Bertz CT molecular complexity index is 447. The van der Waals surface area contributed by atoms with Crippen LogP contribution in [-0.4, -0.2) is 41.5 Å². The van der Waals surface area contributed by atoms with Crippen LogP contribution in [0.15, 0.2) is 0 Å². The first-order valence-corrected chi connectivity index (χ1v) is 8.82. The lowest BCUT2D eigenvalue weighted by atomic mass is 9.81. The van der Waals surface area contributed by atoms with Crippen molar-refractivity contribution in [2.75, 3.05) is 6.54 Å². The second-order valence-corrected chi connectivity index (χ2v) is 6.94. The van der Waals surface area contributed by atoms with Gasteiger partial charge in [0.15, 0.2) is 0 Å². The van der Waals surface area contributed by atoms with Crippen molar-refractivity contribution in [3.8, 4) is 0 Å². The van der Waals surface area contributed by atoms with Crippen LogP contribution in [0.4, 0.5) is 0 Å². The number of hydrogen-bond acceptors (Lipinski definition) is 4. The van der Waals surface area contributed by atoms with E-state index in [1.807, 2.05) is 13.8 Å². The molecule has 0 bridgehead atoms. The normalized spacial score (nSPS) is 24.5. The lowest BCUT2D eigenvalue weighted by Gasteiger charge is -2.29. The lowest BCUT2D eigenvalue weighted by molar-refractivity contribution is -0.142. The Morgan fingerprint density at radius 2 is 1.75 bits per heavy atom. The van der Waals surface area contributed by atoms with Gasteiger partial charge >= 0.3 is 5.97 Å². The highest BCUT2D eigenvalue weighted by Gasteiger charge is 2.28. The lowest BCUT2D eigenvalue weighted by Crippen LogP contribution is -2.46. The van der Waals surface area contributed by atoms with Gasteiger partial charge in [-0.1, -0.05) is 20.3 Å². The molecule has 0 aromatic carbocycles. The number of hydrogen-bond donors (Lipinski definition) is 4. The summed E-state index contributed by atoms with van der Waals surface area (Å²) in [5.74, 6) is -0.969. The summed E-state index contributed by atoms with van der Waals surface area (Å²) in [6.07, 6.45) is 3.99. The summed E-state index contributed by atoms with van der Waals surface area (Å²) in [5, 5.41) is 14.3. The number of amides is 2. The third kappa shape index (κ3) is 6.11. The molecule has 0 heterocycles. The van der Waals surface area contributed by atoms with Gasteiger partial charge in [0.25, 0.3) is 0 Å². The summed E-state index contributed by atoms with van der Waals surface area (Å²) in [7, 11) is 0. The predicted molar refractivity (Wildman–Crippen MR) is 91.1 cm³/mol. The van der Waals surface area contributed by atoms with Crippen LogP contribution in [0.3, 0.4) is 0 Å². The minimum Gasteiger partial charge on any atom is -0.480 e. The van der Waals surface area contributed by atoms with E-state index >= 15 is 0 Å². The highest BCUT2D eigenvalue weighted by molar-refractivity contribution is 5.84. The maximum atomic E-state index is 12.0. The molecule has 5 N–H and O–H groups in total. The smallest absolute Gasteiger partial charge is 0.325 e. The number of carbonyl (C=O) groups is 3. The van der Waals surface area contributed by atoms with Gasteiger partial charge in [0, 0.05) is 12.5 Å². The van der Waals surface area contributed by atoms with E-state index in [1.165, 1.54) is 6.92 Å². The summed E-state index contributed by atoms with van der Waals surface area (Å²) in [4.78, 5) is 34.8. The van der Waals surface area contributed by atoms with Gasteiger partial charge < -0.3 is 21.5 Å². The largest absolute Gasteiger partial charge is 0.480 e. The van der Waals surface area contributed by atoms with Crippen molar-refractivity contribution in [2.24, 2.45) is 23.5 Å². The molecule has 1 saturated carbocycles. The molecule has 138 valence electrons. The molecule has 7 nitrogen and oxygen atoms in total. The number of rotatable bonds is 8. The zero-order chi connectivity index (χ0) is 18.3. The molecule has 24 heavy (non-hydrogen) atoms. The molecule has 3 atom stereocenters. The van der Waals surface area contributed by atoms with Crippen molar-refractivity contribution in [2.45, 2.75) is 65.0 Å². The number of carbonyl (C=O) groups excluding carboxylic acids is 2. The first-order valence-electron chi connectivity index (χ1n) is 8.82. The number of aliphatic carboxylic acids is 1. The zero-order valence-electron chi connectivity index (χ0n) is 14.9. The molecule has 0 saturated heterocycles. The van der Waals surface area contributed by atoms with Crippen LogP contribution >= 0.6 is 0 Å². The Kier molecular flexibility index (Phi) is 8.18. The van der Waals surface area contributed by atoms with Gasteiger partial charge in [-0.3, -0.25) is 14.4 Å². The van der Waals surface area contributed by atoms with E-state index in [0.717, 1.165) is 32.1 Å². The highest BCUT2D eigenvalue weighted by atomic mass is 16.4. The SMILES string of the molecule is CC[C@H](C)[C@H](N)C(=O)NCC1CCC(C(=O)N[C@H](C)C(=O)O)CC1. The molecule has 2 amide bonds. The minimum absolute atomic E-state index is 0.112. The van der Waals surface area contributed by atoms with Crippen LogP contribution in [-0.2, 0) is 14.4 Å². The van der Waals surface area contributed by atoms with E-state index in [2.05, 4.69) is 10.6 Å². The van der Waals surface area contributed by atoms with E-state index in [0.29, 0.717) is 12.5 Å². The monoisotopic (exact) mass is 341 g/mol. The summed E-state index contributed by atoms with van der Waals surface area (Å²) in [6.45, 7) is 6.02. The molecular weight excluding hydrogens is 310 g/mol. The summed E-state index contributed by atoms with van der Waals surface area (Å²) < 4.78 is 0. The summed E-state index contributed by atoms with van der Waals surface area (Å²) in [6, 6.07) is -1.34. The summed E-state index contributed by atoms with van der Waals surface area (Å²) >= 11 is 0. The van der Waals surface area contributed by atoms with Crippen molar-refractivity contribution < 1.29 is 19.5 Å². The van der Waals surface area contributed by atoms with Crippen molar-refractivity contribution in [1.29, 1.82) is 0 Å². The van der Waals surface area contributed by atoms with E-state index in [-0.39, 0.29) is 23.7 Å². The molecule has 0 aromatic heterocycles. The van der Waals surface area contributed by atoms with Crippen LogP contribution in [0.1, 0.15) is 52.9 Å². The van der Waals surface area contributed by atoms with Crippen molar-refractivity contribution in [1.82, 2.24) is 10.6 Å². The first kappa shape index (κ1) is 20.4. The number of nitrogens with two attached hydrogens (primary N) is 1. The fourth-order valence-electron chi connectivity index (χ4n) is 2.90. The van der Waals surface area contributed by atoms with Crippen LogP contribution < -0.4 is 16.4 Å². The molecule has 7 heteroatoms. The number of nitrogens with one attached hydrogen (secondary N) is 2. The van der Waals surface area contributed by atoms with Gasteiger partial charge in [-0.15, -0.1) is 0 Å². The van der Waals surface area contributed by atoms with Gasteiger partial charge in [-0.25, -0.2) is 0 Å². The molecular formula is C17H31N3O4. The second-order valence-electron chi connectivity index (χ2n) is 6.94. The van der Waals surface area contributed by atoms with Gasteiger partial charge in [-0.2, -0.15) is 0 Å². The van der Waals surface area contributed by atoms with Crippen molar-refractivity contribution >= 4 is 17.8 Å². The Balaban J connectivity index is 2.32. The molecule has 0 aliphatic heterocycles. The van der Waals surface area contributed by atoms with Crippen molar-refractivity contribution in [3.63, 3.8) is 0 Å². The summed E-state index contributed by atoms with van der Waals surface area (Å²) in [5.41, 5.74) is 5.91. The Morgan fingerprint density at radius 3 is 2.25 bits per heavy atom. The third-order valence-electron chi connectivity index (χ3n) is 5.07. The quantitative estimate of drug-likeness (QED) is 0.522. The van der Waals surface area contributed by atoms with E-state index in [1.54, 1.807) is 0 Å². The van der Waals surface area contributed by atoms with Gasteiger partial charge in [0.05, 0.1) is 6.04 Å². The van der Waals surface area contributed by atoms with Crippen LogP contribution in [0.5, 0.6) is 0 Å². The molecule has 1 rings (SSSR count). The standard InChI is InChI=1S/C17H31N3O4/c1-4-10(2)14(18)16(22)19-9-12-5-7-13(8-6-12)15(21)20-11(3)17(23)24/h10-14H,4-9,18H2,1-3H3,(H,19,22)(H,20,21)(H,23,24)/t10-,11+,12?,13?,14-/m0/s1. The molecule has 0 aromatic rings. The number of carboxylic acid groups (broad SMARTS) is 1. The topological polar surface area (TPSA) is 122 Å². The number of carboxylic acids is 1.